The fraction of sp³-hybridized carbons (Fsp3) is 0.167. The molecule has 2 aromatic rings. The molecule has 17 heavy (non-hydrogen) atoms. The predicted molar refractivity (Wildman–Crippen MR) is 64.0 cm³/mol. The van der Waals surface area contributed by atoms with Crippen LogP contribution in [0.3, 0.4) is 0 Å². The maximum Gasteiger partial charge on any atom is 0.269 e. The molecule has 0 fully saturated rings. The van der Waals surface area contributed by atoms with Crippen molar-refractivity contribution in [2.24, 2.45) is 0 Å². The summed E-state index contributed by atoms with van der Waals surface area (Å²) in [6.45, 7) is 0. The molecule has 0 aliphatic heterocycles. The molecule has 0 radical (unpaired) electrons. The first-order valence-corrected chi connectivity index (χ1v) is 5.14. The number of carbonyl (C=O) groups is 1. The minimum Gasteiger partial charge on any atom is -0.300 e. The normalized spacial score (nSPS) is 11.2. The number of nitrogens with zero attached hydrogens (tertiary/aromatic N) is 3. The van der Waals surface area contributed by atoms with Crippen LogP contribution in [0.15, 0.2) is 36.7 Å². The highest BCUT2D eigenvalue weighted by molar-refractivity contribution is 5.90. The summed E-state index contributed by atoms with van der Waals surface area (Å²) in [5.41, 5.74) is 1.69. The van der Waals surface area contributed by atoms with Gasteiger partial charge in [0.05, 0.1) is 19.0 Å². The third kappa shape index (κ3) is 2.34. The van der Waals surface area contributed by atoms with Gasteiger partial charge in [0.2, 0.25) is 0 Å². The van der Waals surface area contributed by atoms with Crippen LogP contribution in [-0.4, -0.2) is 34.5 Å². The number of likely N-dealkylation sites (N-methyl/N-ethyl adjacent to an activating group) is 1. The van der Waals surface area contributed by atoms with Crippen molar-refractivity contribution in [2.45, 2.75) is 0 Å². The van der Waals surface area contributed by atoms with E-state index in [2.05, 4.69) is 4.98 Å². The van der Waals surface area contributed by atoms with E-state index < -0.39 is 0 Å². The highest BCUT2D eigenvalue weighted by Gasteiger charge is 2.03. The first kappa shape index (κ1) is 11.3. The van der Waals surface area contributed by atoms with Crippen molar-refractivity contribution >= 4 is 17.6 Å². The second-order valence-electron chi connectivity index (χ2n) is 3.46. The van der Waals surface area contributed by atoms with Crippen molar-refractivity contribution in [3.63, 3.8) is 0 Å². The molecule has 5 nitrogen and oxygen atoms in total. The number of aromatic nitrogens is 2. The maximum atomic E-state index is 11.5. The summed E-state index contributed by atoms with van der Waals surface area (Å²) in [5.74, 6) is -0.224. The van der Waals surface area contributed by atoms with Crippen LogP contribution in [0.25, 0.3) is 11.7 Å². The van der Waals surface area contributed by atoms with Crippen molar-refractivity contribution in [1.82, 2.24) is 14.4 Å². The molecule has 2 rings (SSSR count). The standard InChI is InChI=1S/C12H13N3O2/c1-14(17-2)12(16)7-6-10-9-13-11-5-3-4-8-15(10)11/h3-9H,1-2H3/b7-6+. The van der Waals surface area contributed by atoms with E-state index in [1.165, 1.54) is 13.2 Å². The lowest BCUT2D eigenvalue weighted by molar-refractivity contribution is -0.162. The van der Waals surface area contributed by atoms with Crippen LogP contribution < -0.4 is 0 Å². The Labute approximate surface area is 98.9 Å². The topological polar surface area (TPSA) is 46.8 Å². The van der Waals surface area contributed by atoms with Gasteiger partial charge in [-0.1, -0.05) is 6.07 Å². The summed E-state index contributed by atoms with van der Waals surface area (Å²) in [7, 11) is 3.00. The van der Waals surface area contributed by atoms with E-state index in [9.17, 15) is 4.79 Å². The molecule has 0 spiro atoms. The Kier molecular flexibility index (Phi) is 3.20. The first-order chi connectivity index (χ1) is 8.22. The lowest BCUT2D eigenvalue weighted by atomic mass is 10.4. The van der Waals surface area contributed by atoms with Gasteiger partial charge in [-0.2, -0.15) is 0 Å². The Morgan fingerprint density at radius 1 is 1.53 bits per heavy atom. The van der Waals surface area contributed by atoms with Gasteiger partial charge in [-0.3, -0.25) is 9.63 Å². The molecular formula is C12H13N3O2. The van der Waals surface area contributed by atoms with Gasteiger partial charge in [0, 0.05) is 19.3 Å². The number of carbonyl (C=O) groups excluding carboxylic acids is 1. The van der Waals surface area contributed by atoms with Crippen molar-refractivity contribution in [3.8, 4) is 0 Å². The Morgan fingerprint density at radius 3 is 3.12 bits per heavy atom. The molecule has 88 valence electrons. The van der Waals surface area contributed by atoms with Gasteiger partial charge in [0.15, 0.2) is 0 Å². The molecule has 0 aliphatic carbocycles. The monoisotopic (exact) mass is 231 g/mol. The molecule has 0 aliphatic rings. The Balaban J connectivity index is 2.24. The minimum atomic E-state index is -0.224. The summed E-state index contributed by atoms with van der Waals surface area (Å²) in [4.78, 5) is 20.5. The molecule has 0 saturated heterocycles. The highest BCUT2D eigenvalue weighted by Crippen LogP contribution is 2.07. The molecule has 0 unspecified atom stereocenters. The number of hydrogen-bond donors (Lipinski definition) is 0. The van der Waals surface area contributed by atoms with Gasteiger partial charge in [-0.15, -0.1) is 0 Å². The largest absolute Gasteiger partial charge is 0.300 e. The summed E-state index contributed by atoms with van der Waals surface area (Å²) in [5, 5.41) is 1.15. The summed E-state index contributed by atoms with van der Waals surface area (Å²) in [6, 6.07) is 5.73. The van der Waals surface area contributed by atoms with Gasteiger partial charge in [0.25, 0.3) is 5.91 Å². The SMILES string of the molecule is CON(C)C(=O)/C=C/c1cnc2ccccn12. The van der Waals surface area contributed by atoms with E-state index in [4.69, 9.17) is 4.84 Å². The van der Waals surface area contributed by atoms with Crippen LogP contribution in [0.5, 0.6) is 0 Å². The third-order valence-corrected chi connectivity index (χ3v) is 2.43. The molecule has 0 saturated carbocycles. The molecule has 0 atom stereocenters. The van der Waals surface area contributed by atoms with Crippen LogP contribution in [0, 0.1) is 0 Å². The van der Waals surface area contributed by atoms with Crippen molar-refractivity contribution < 1.29 is 9.63 Å². The van der Waals surface area contributed by atoms with Gasteiger partial charge in [-0.25, -0.2) is 10.0 Å². The van der Waals surface area contributed by atoms with E-state index in [1.54, 1.807) is 19.3 Å². The molecule has 0 aromatic carbocycles. The van der Waals surface area contributed by atoms with Crippen LogP contribution in [0.2, 0.25) is 0 Å². The summed E-state index contributed by atoms with van der Waals surface area (Å²) in [6.07, 6.45) is 6.76. The van der Waals surface area contributed by atoms with Gasteiger partial charge in [-0.05, 0) is 18.2 Å². The average Bonchev–Trinajstić information content (AvgIpc) is 2.78. The zero-order valence-electron chi connectivity index (χ0n) is 9.70. The average molecular weight is 231 g/mol. The van der Waals surface area contributed by atoms with Gasteiger partial charge in [0.1, 0.15) is 5.65 Å². The predicted octanol–water partition coefficient (Wildman–Crippen LogP) is 1.37. The number of imidazole rings is 1. The van der Waals surface area contributed by atoms with Crippen LogP contribution in [0.1, 0.15) is 5.69 Å². The van der Waals surface area contributed by atoms with Crippen molar-refractivity contribution in [3.05, 3.63) is 42.4 Å². The van der Waals surface area contributed by atoms with Gasteiger partial charge < -0.3 is 4.40 Å². The minimum absolute atomic E-state index is 0.224. The number of pyridine rings is 1. The van der Waals surface area contributed by atoms with Crippen LogP contribution >= 0.6 is 0 Å². The molecule has 0 N–H and O–H groups in total. The lowest BCUT2D eigenvalue weighted by Crippen LogP contribution is -2.22. The van der Waals surface area contributed by atoms with Crippen molar-refractivity contribution in [2.75, 3.05) is 14.2 Å². The van der Waals surface area contributed by atoms with Gasteiger partial charge >= 0.3 is 0 Å². The Morgan fingerprint density at radius 2 is 2.35 bits per heavy atom. The van der Waals surface area contributed by atoms with Crippen LogP contribution in [0.4, 0.5) is 0 Å². The molecule has 2 aromatic heterocycles. The smallest absolute Gasteiger partial charge is 0.269 e. The number of hydrogen-bond acceptors (Lipinski definition) is 3. The van der Waals surface area contributed by atoms with E-state index in [-0.39, 0.29) is 5.91 Å². The molecular weight excluding hydrogens is 218 g/mol. The lowest BCUT2D eigenvalue weighted by Gasteiger charge is -2.09. The summed E-state index contributed by atoms with van der Waals surface area (Å²) >= 11 is 0. The molecule has 0 bridgehead atoms. The highest BCUT2D eigenvalue weighted by atomic mass is 16.7. The van der Waals surface area contributed by atoms with Crippen molar-refractivity contribution in [1.29, 1.82) is 0 Å². The number of rotatable bonds is 3. The van der Waals surface area contributed by atoms with E-state index in [1.807, 2.05) is 28.8 Å². The Hall–Kier alpha value is -2.14. The Bertz CT molecular complexity index is 560. The fourth-order valence-electron chi connectivity index (χ4n) is 1.43. The molecule has 2 heterocycles. The third-order valence-electron chi connectivity index (χ3n) is 2.43. The molecule has 5 heteroatoms. The van der Waals surface area contributed by atoms with E-state index >= 15 is 0 Å². The van der Waals surface area contributed by atoms with Crippen LogP contribution in [-0.2, 0) is 9.63 Å². The second kappa shape index (κ2) is 4.80. The maximum absolute atomic E-state index is 11.5. The van der Waals surface area contributed by atoms with E-state index in [0.717, 1.165) is 16.4 Å². The number of amides is 1. The quantitative estimate of drug-likeness (QED) is 0.592. The number of fused-ring (bicyclic) bond motifs is 1. The zero-order chi connectivity index (χ0) is 12.3. The summed E-state index contributed by atoms with van der Waals surface area (Å²) < 4.78 is 1.90. The first-order valence-electron chi connectivity index (χ1n) is 5.14. The number of hydroxylamine groups is 2. The molecule has 1 amide bonds. The zero-order valence-corrected chi connectivity index (χ0v) is 9.70. The van der Waals surface area contributed by atoms with E-state index in [0.29, 0.717) is 0 Å². The second-order valence-corrected chi connectivity index (χ2v) is 3.46. The fourth-order valence-corrected chi connectivity index (χ4v) is 1.43.